The Labute approximate surface area is 145 Å². The van der Waals surface area contributed by atoms with Gasteiger partial charge in [0.25, 0.3) is 0 Å². The number of carbonyl (C=O) groups excluding carboxylic acids is 1. The van der Waals surface area contributed by atoms with Gasteiger partial charge in [-0.05, 0) is 30.7 Å². The van der Waals surface area contributed by atoms with Crippen molar-refractivity contribution >= 4 is 23.2 Å². The van der Waals surface area contributed by atoms with Gasteiger partial charge in [-0.3, -0.25) is 14.2 Å². The maximum atomic E-state index is 12.0. The number of amides is 1. The summed E-state index contributed by atoms with van der Waals surface area (Å²) in [7, 11) is 0. The molecule has 0 saturated heterocycles. The average Bonchev–Trinajstić information content (AvgIpc) is 3.17. The van der Waals surface area contributed by atoms with Gasteiger partial charge in [0.15, 0.2) is 0 Å². The van der Waals surface area contributed by atoms with Gasteiger partial charge in [-0.25, -0.2) is 0 Å². The predicted molar refractivity (Wildman–Crippen MR) is 93.0 cm³/mol. The number of nitrogens with one attached hydrogen (secondary N) is 1. The number of hydrogen-bond acceptors (Lipinski definition) is 3. The Balaban J connectivity index is 1.51. The van der Waals surface area contributed by atoms with Crippen LogP contribution < -0.4 is 5.32 Å². The average molecular weight is 344 g/mol. The third kappa shape index (κ3) is 4.45. The zero-order valence-electron chi connectivity index (χ0n) is 13.3. The second-order valence-electron chi connectivity index (χ2n) is 5.57. The Kier molecular flexibility index (Phi) is 4.96. The highest BCUT2D eigenvalue weighted by atomic mass is 35.5. The minimum Gasteiger partial charge on any atom is -0.323 e. The molecule has 2 heterocycles. The van der Waals surface area contributed by atoms with Crippen LogP contribution in [0.5, 0.6) is 0 Å². The van der Waals surface area contributed by atoms with E-state index in [9.17, 15) is 4.79 Å². The van der Waals surface area contributed by atoms with Crippen LogP contribution in [0.3, 0.4) is 0 Å². The lowest BCUT2D eigenvalue weighted by atomic mass is 10.2. The van der Waals surface area contributed by atoms with E-state index in [1.54, 1.807) is 15.6 Å². The Hall–Kier alpha value is -2.60. The van der Waals surface area contributed by atoms with Gasteiger partial charge in [0.05, 0.1) is 24.1 Å². The lowest BCUT2D eigenvalue weighted by Gasteiger charge is -2.03. The van der Waals surface area contributed by atoms with E-state index in [-0.39, 0.29) is 5.91 Å². The second-order valence-corrected chi connectivity index (χ2v) is 6.01. The number of benzene rings is 1. The number of rotatable bonds is 6. The van der Waals surface area contributed by atoms with Crippen LogP contribution in [0.4, 0.5) is 5.69 Å². The molecule has 3 aromatic rings. The first-order valence-electron chi connectivity index (χ1n) is 7.65. The summed E-state index contributed by atoms with van der Waals surface area (Å²) in [6.45, 7) is 3.10. The molecule has 1 N–H and O–H groups in total. The first kappa shape index (κ1) is 16.3. The van der Waals surface area contributed by atoms with E-state index in [1.165, 1.54) is 0 Å². The largest absolute Gasteiger partial charge is 0.323 e. The van der Waals surface area contributed by atoms with Crippen LogP contribution >= 0.6 is 11.6 Å². The van der Waals surface area contributed by atoms with E-state index in [0.717, 1.165) is 11.3 Å². The quantitative estimate of drug-likeness (QED) is 0.748. The third-order valence-electron chi connectivity index (χ3n) is 3.52. The summed E-state index contributed by atoms with van der Waals surface area (Å²) in [5.74, 6) is -0.0609. The minimum atomic E-state index is -0.0609. The number of halogens is 1. The van der Waals surface area contributed by atoms with Gasteiger partial charge >= 0.3 is 0 Å². The number of hydrogen-bond donors (Lipinski definition) is 1. The van der Waals surface area contributed by atoms with Crippen LogP contribution in [0.25, 0.3) is 0 Å². The highest BCUT2D eigenvalue weighted by Gasteiger charge is 2.06. The molecule has 3 rings (SSSR count). The summed E-state index contributed by atoms with van der Waals surface area (Å²) in [6, 6.07) is 9.52. The molecule has 0 radical (unpaired) electrons. The normalized spacial score (nSPS) is 10.8. The van der Waals surface area contributed by atoms with Crippen molar-refractivity contribution in [1.29, 1.82) is 0 Å². The molecule has 0 fully saturated rings. The van der Waals surface area contributed by atoms with Gasteiger partial charge < -0.3 is 5.32 Å². The molecular formula is C17H18ClN5O. The molecule has 0 atom stereocenters. The van der Waals surface area contributed by atoms with E-state index in [4.69, 9.17) is 11.6 Å². The first-order valence-corrected chi connectivity index (χ1v) is 8.03. The summed E-state index contributed by atoms with van der Waals surface area (Å²) in [5, 5.41) is 12.1. The molecule has 6 nitrogen and oxygen atoms in total. The molecule has 0 spiro atoms. The topological polar surface area (TPSA) is 64.7 Å². The number of carbonyl (C=O) groups is 1. The smallest absolute Gasteiger partial charge is 0.226 e. The molecule has 0 aliphatic heterocycles. The lowest BCUT2D eigenvalue weighted by molar-refractivity contribution is -0.116. The molecule has 1 aromatic carbocycles. The van der Waals surface area contributed by atoms with Crippen molar-refractivity contribution in [2.75, 3.05) is 5.32 Å². The summed E-state index contributed by atoms with van der Waals surface area (Å²) in [5.41, 5.74) is 2.72. The fourth-order valence-electron chi connectivity index (χ4n) is 2.32. The SMILES string of the molecule is Cc1ccn(CCC(=O)Nc2cnn(Cc3ccc(Cl)cc3)c2)n1. The van der Waals surface area contributed by atoms with E-state index in [0.29, 0.717) is 30.2 Å². The standard InChI is InChI=1S/C17H18ClN5O/c1-13-6-8-22(21-13)9-7-17(24)20-16-10-19-23(12-16)11-14-2-4-15(18)5-3-14/h2-6,8,10,12H,7,9,11H2,1H3,(H,20,24). The fourth-order valence-corrected chi connectivity index (χ4v) is 2.44. The van der Waals surface area contributed by atoms with E-state index < -0.39 is 0 Å². The predicted octanol–water partition coefficient (Wildman–Crippen LogP) is 3.12. The van der Waals surface area contributed by atoms with Crippen molar-refractivity contribution in [3.63, 3.8) is 0 Å². The number of aryl methyl sites for hydroxylation is 2. The van der Waals surface area contributed by atoms with Gasteiger partial charge in [-0.15, -0.1) is 0 Å². The number of nitrogens with zero attached hydrogens (tertiary/aromatic N) is 4. The van der Waals surface area contributed by atoms with Gasteiger partial charge in [-0.2, -0.15) is 10.2 Å². The van der Waals surface area contributed by atoms with E-state index >= 15 is 0 Å². The van der Waals surface area contributed by atoms with E-state index in [1.807, 2.05) is 49.6 Å². The van der Waals surface area contributed by atoms with Gasteiger partial charge in [0.2, 0.25) is 5.91 Å². The van der Waals surface area contributed by atoms with Crippen LogP contribution in [0.15, 0.2) is 48.9 Å². The molecule has 2 aromatic heterocycles. The van der Waals surface area contributed by atoms with Gasteiger partial charge in [-0.1, -0.05) is 23.7 Å². The lowest BCUT2D eigenvalue weighted by Crippen LogP contribution is -2.14. The van der Waals surface area contributed by atoms with Crippen molar-refractivity contribution in [1.82, 2.24) is 19.6 Å². The molecule has 0 saturated carbocycles. The molecule has 0 aliphatic rings. The van der Waals surface area contributed by atoms with Crippen molar-refractivity contribution in [3.8, 4) is 0 Å². The van der Waals surface area contributed by atoms with Crippen LogP contribution in [0.1, 0.15) is 17.7 Å². The third-order valence-corrected chi connectivity index (χ3v) is 3.77. The summed E-state index contributed by atoms with van der Waals surface area (Å²) in [4.78, 5) is 12.0. The summed E-state index contributed by atoms with van der Waals surface area (Å²) >= 11 is 5.88. The monoisotopic (exact) mass is 343 g/mol. The van der Waals surface area contributed by atoms with Gasteiger partial charge in [0.1, 0.15) is 0 Å². The Morgan fingerprint density at radius 3 is 2.71 bits per heavy atom. The fraction of sp³-hybridized carbons (Fsp3) is 0.235. The van der Waals surface area contributed by atoms with Gasteiger partial charge in [0, 0.05) is 30.4 Å². The summed E-state index contributed by atoms with van der Waals surface area (Å²) in [6.07, 6.45) is 5.69. The first-order chi connectivity index (χ1) is 11.6. The zero-order chi connectivity index (χ0) is 16.9. The molecular weight excluding hydrogens is 326 g/mol. The molecule has 1 amide bonds. The summed E-state index contributed by atoms with van der Waals surface area (Å²) < 4.78 is 3.54. The van der Waals surface area contributed by atoms with Crippen LogP contribution in [-0.2, 0) is 17.9 Å². The van der Waals surface area contributed by atoms with Crippen molar-refractivity contribution < 1.29 is 4.79 Å². The zero-order valence-corrected chi connectivity index (χ0v) is 14.1. The van der Waals surface area contributed by atoms with E-state index in [2.05, 4.69) is 15.5 Å². The Morgan fingerprint density at radius 2 is 2.00 bits per heavy atom. The molecule has 7 heteroatoms. The maximum absolute atomic E-state index is 12.0. The van der Waals surface area contributed by atoms with Crippen LogP contribution in [-0.4, -0.2) is 25.5 Å². The maximum Gasteiger partial charge on any atom is 0.226 e. The highest BCUT2D eigenvalue weighted by molar-refractivity contribution is 6.30. The Morgan fingerprint density at radius 1 is 1.21 bits per heavy atom. The highest BCUT2D eigenvalue weighted by Crippen LogP contribution is 2.12. The van der Waals surface area contributed by atoms with Crippen LogP contribution in [0, 0.1) is 6.92 Å². The molecule has 0 aliphatic carbocycles. The minimum absolute atomic E-state index is 0.0609. The second kappa shape index (κ2) is 7.31. The molecule has 24 heavy (non-hydrogen) atoms. The Bertz CT molecular complexity index is 822. The molecule has 0 unspecified atom stereocenters. The number of anilines is 1. The number of aromatic nitrogens is 4. The molecule has 124 valence electrons. The van der Waals surface area contributed by atoms with Crippen molar-refractivity contribution in [2.45, 2.75) is 26.4 Å². The van der Waals surface area contributed by atoms with Crippen LogP contribution in [0.2, 0.25) is 5.02 Å². The molecule has 0 bridgehead atoms. The van der Waals surface area contributed by atoms with Crippen molar-refractivity contribution in [3.05, 3.63) is 65.2 Å². The van der Waals surface area contributed by atoms with Crippen molar-refractivity contribution in [2.24, 2.45) is 0 Å².